The molecule has 0 saturated carbocycles. The van der Waals surface area contributed by atoms with E-state index < -0.39 is 0 Å². The molecule has 3 aromatic rings. The van der Waals surface area contributed by atoms with E-state index in [4.69, 9.17) is 0 Å². The van der Waals surface area contributed by atoms with Gasteiger partial charge in [0.15, 0.2) is 5.65 Å². The van der Waals surface area contributed by atoms with E-state index in [0.717, 1.165) is 23.9 Å². The summed E-state index contributed by atoms with van der Waals surface area (Å²) >= 11 is 0. The van der Waals surface area contributed by atoms with Gasteiger partial charge in [-0.2, -0.15) is 5.10 Å². The van der Waals surface area contributed by atoms with E-state index in [-0.39, 0.29) is 30.7 Å². The first-order valence-electron chi connectivity index (χ1n) is 10.1. The Hall–Kier alpha value is -2.15. The molecule has 2 aliphatic rings. The highest BCUT2D eigenvalue weighted by atomic mass is 35.5. The third kappa shape index (κ3) is 4.31. The molecule has 0 aliphatic carbocycles. The van der Waals surface area contributed by atoms with Crippen LogP contribution in [0.25, 0.3) is 11.0 Å². The number of carbonyl (C=O) groups is 1. The molecular weight excluding hydrogens is 421 g/mol. The molecular formula is C22H27Cl2N5O. The second kappa shape index (κ2) is 9.33. The molecule has 0 spiro atoms. The smallest absolute Gasteiger partial charge is 0.255 e. The Morgan fingerprint density at radius 3 is 2.53 bits per heavy atom. The molecule has 2 saturated heterocycles. The molecule has 2 fully saturated rings. The molecule has 0 radical (unpaired) electrons. The highest BCUT2D eigenvalue weighted by Crippen LogP contribution is 2.30. The van der Waals surface area contributed by atoms with Crippen LogP contribution < -0.4 is 5.32 Å². The van der Waals surface area contributed by atoms with Gasteiger partial charge in [-0.25, -0.2) is 9.67 Å². The van der Waals surface area contributed by atoms with Crippen LogP contribution in [0, 0.1) is 0 Å². The fourth-order valence-electron chi connectivity index (χ4n) is 4.67. The zero-order chi connectivity index (χ0) is 19.1. The lowest BCUT2D eigenvalue weighted by atomic mass is 9.98. The molecule has 1 amide bonds. The minimum absolute atomic E-state index is 0. The minimum Gasteiger partial charge on any atom is -0.339 e. The van der Waals surface area contributed by atoms with Crippen molar-refractivity contribution in [3.8, 4) is 0 Å². The van der Waals surface area contributed by atoms with Gasteiger partial charge in [-0.05, 0) is 37.3 Å². The molecule has 2 unspecified atom stereocenters. The minimum atomic E-state index is 0. The maximum atomic E-state index is 13.1. The van der Waals surface area contributed by atoms with Crippen LogP contribution in [0.4, 0.5) is 0 Å². The Morgan fingerprint density at radius 1 is 1.13 bits per heavy atom. The van der Waals surface area contributed by atoms with E-state index in [1.54, 1.807) is 12.4 Å². The zero-order valence-electron chi connectivity index (χ0n) is 16.9. The summed E-state index contributed by atoms with van der Waals surface area (Å²) in [6.45, 7) is 0.669. The van der Waals surface area contributed by atoms with Gasteiger partial charge in [-0.15, -0.1) is 24.8 Å². The Balaban J connectivity index is 0.00000128. The fourth-order valence-corrected chi connectivity index (χ4v) is 4.67. The lowest BCUT2D eigenvalue weighted by Gasteiger charge is -2.35. The molecule has 2 atom stereocenters. The van der Waals surface area contributed by atoms with Crippen LogP contribution in [0.2, 0.25) is 0 Å². The van der Waals surface area contributed by atoms with Gasteiger partial charge in [-0.1, -0.05) is 30.3 Å². The number of nitrogens with zero attached hydrogens (tertiary/aromatic N) is 4. The highest BCUT2D eigenvalue weighted by molar-refractivity contribution is 5.96. The second-order valence-electron chi connectivity index (χ2n) is 8.10. The summed E-state index contributed by atoms with van der Waals surface area (Å²) in [5, 5.41) is 9.02. The van der Waals surface area contributed by atoms with Crippen LogP contribution in [0.15, 0.2) is 48.8 Å². The number of piperidine rings is 1. The van der Waals surface area contributed by atoms with Crippen molar-refractivity contribution in [3.05, 3.63) is 59.9 Å². The summed E-state index contributed by atoms with van der Waals surface area (Å²) in [6.07, 6.45) is 8.05. The van der Waals surface area contributed by atoms with Crippen molar-refractivity contribution in [1.82, 2.24) is 25.0 Å². The standard InChI is InChI=1S/C22H25N5O.2ClH/c1-26(20-10-18-7-8-19(11-20)25-18)22(28)17-9-16-13-24-27(21(16)23-12-17)14-15-5-3-2-4-6-15;;/h2-6,9,12-13,18-20,25H,7-8,10-11,14H2,1H3;2*1H. The first-order chi connectivity index (χ1) is 13.7. The van der Waals surface area contributed by atoms with Crippen molar-refractivity contribution in [2.45, 2.75) is 50.4 Å². The van der Waals surface area contributed by atoms with Gasteiger partial charge in [0.25, 0.3) is 5.91 Å². The first-order valence-corrected chi connectivity index (χ1v) is 10.1. The number of fused-ring (bicyclic) bond motifs is 3. The molecule has 1 aromatic carbocycles. The van der Waals surface area contributed by atoms with Crippen LogP contribution in [-0.2, 0) is 6.54 Å². The largest absolute Gasteiger partial charge is 0.339 e. The Kier molecular flexibility index (Phi) is 7.01. The van der Waals surface area contributed by atoms with E-state index in [1.807, 2.05) is 40.9 Å². The number of halogens is 2. The van der Waals surface area contributed by atoms with Gasteiger partial charge >= 0.3 is 0 Å². The number of aromatic nitrogens is 3. The molecule has 4 heterocycles. The summed E-state index contributed by atoms with van der Waals surface area (Å²) < 4.78 is 1.88. The maximum absolute atomic E-state index is 13.1. The van der Waals surface area contributed by atoms with E-state index in [2.05, 4.69) is 27.5 Å². The van der Waals surface area contributed by atoms with Crippen LogP contribution in [-0.4, -0.2) is 50.7 Å². The van der Waals surface area contributed by atoms with Crippen molar-refractivity contribution < 1.29 is 4.79 Å². The molecule has 1 N–H and O–H groups in total. The van der Waals surface area contributed by atoms with Crippen LogP contribution in [0.1, 0.15) is 41.6 Å². The highest BCUT2D eigenvalue weighted by Gasteiger charge is 2.36. The van der Waals surface area contributed by atoms with E-state index in [1.165, 1.54) is 18.4 Å². The van der Waals surface area contributed by atoms with Gasteiger partial charge in [0.05, 0.1) is 18.3 Å². The summed E-state index contributed by atoms with van der Waals surface area (Å²) in [4.78, 5) is 19.5. The lowest BCUT2D eigenvalue weighted by Crippen LogP contribution is -2.48. The van der Waals surface area contributed by atoms with Crippen molar-refractivity contribution in [2.75, 3.05) is 7.05 Å². The molecule has 30 heavy (non-hydrogen) atoms. The molecule has 5 rings (SSSR count). The predicted molar refractivity (Wildman–Crippen MR) is 123 cm³/mol. The Morgan fingerprint density at radius 2 is 1.83 bits per heavy atom. The molecule has 6 nitrogen and oxygen atoms in total. The number of hydrogen-bond acceptors (Lipinski definition) is 4. The molecule has 8 heteroatoms. The number of hydrogen-bond donors (Lipinski definition) is 1. The van der Waals surface area contributed by atoms with Crippen molar-refractivity contribution in [1.29, 1.82) is 0 Å². The average Bonchev–Trinajstić information content (AvgIpc) is 3.29. The Bertz CT molecular complexity index is 997. The molecule has 160 valence electrons. The quantitative estimate of drug-likeness (QED) is 0.662. The number of amides is 1. The number of benzene rings is 1. The molecule has 2 bridgehead atoms. The SMILES string of the molecule is CN(C(=O)c1cnc2c(cnn2Cc2ccccc2)c1)C1CC2CCC(C1)N2.Cl.Cl. The normalized spacial score (nSPS) is 22.2. The van der Waals surface area contributed by atoms with Gasteiger partial charge in [0, 0.05) is 36.8 Å². The topological polar surface area (TPSA) is 63.1 Å². The number of nitrogens with one attached hydrogen (secondary N) is 1. The number of rotatable bonds is 4. The summed E-state index contributed by atoms with van der Waals surface area (Å²) in [5.41, 5.74) is 2.62. The van der Waals surface area contributed by atoms with Gasteiger partial charge in [0.2, 0.25) is 0 Å². The van der Waals surface area contributed by atoms with Crippen molar-refractivity contribution in [3.63, 3.8) is 0 Å². The van der Waals surface area contributed by atoms with E-state index in [9.17, 15) is 4.79 Å². The van der Waals surface area contributed by atoms with E-state index in [0.29, 0.717) is 30.2 Å². The third-order valence-corrected chi connectivity index (χ3v) is 6.21. The van der Waals surface area contributed by atoms with E-state index >= 15 is 0 Å². The zero-order valence-corrected chi connectivity index (χ0v) is 18.5. The summed E-state index contributed by atoms with van der Waals surface area (Å²) in [7, 11) is 1.93. The maximum Gasteiger partial charge on any atom is 0.255 e. The predicted octanol–water partition coefficient (Wildman–Crippen LogP) is 3.68. The van der Waals surface area contributed by atoms with Gasteiger partial charge < -0.3 is 10.2 Å². The summed E-state index contributed by atoms with van der Waals surface area (Å²) in [6, 6.07) is 13.6. The molecule has 2 aliphatic heterocycles. The monoisotopic (exact) mass is 447 g/mol. The number of pyridine rings is 1. The van der Waals surface area contributed by atoms with Crippen molar-refractivity contribution in [2.24, 2.45) is 0 Å². The fraction of sp³-hybridized carbons (Fsp3) is 0.409. The molecule has 2 aromatic heterocycles. The van der Waals surface area contributed by atoms with Crippen LogP contribution in [0.5, 0.6) is 0 Å². The second-order valence-corrected chi connectivity index (χ2v) is 8.10. The third-order valence-electron chi connectivity index (χ3n) is 6.21. The van der Waals surface area contributed by atoms with Crippen LogP contribution in [0.3, 0.4) is 0 Å². The van der Waals surface area contributed by atoms with Crippen molar-refractivity contribution >= 4 is 41.8 Å². The number of carbonyl (C=O) groups excluding carboxylic acids is 1. The lowest BCUT2D eigenvalue weighted by molar-refractivity contribution is 0.0681. The first kappa shape index (κ1) is 22.5. The van der Waals surface area contributed by atoms with Crippen LogP contribution >= 0.6 is 24.8 Å². The summed E-state index contributed by atoms with van der Waals surface area (Å²) in [5.74, 6) is 0.0523. The van der Waals surface area contributed by atoms with Gasteiger partial charge in [-0.3, -0.25) is 4.79 Å². The average molecular weight is 448 g/mol. The Labute approximate surface area is 188 Å². The van der Waals surface area contributed by atoms with Gasteiger partial charge in [0.1, 0.15) is 0 Å².